The van der Waals surface area contributed by atoms with Gasteiger partial charge in [-0.05, 0) is 44.0 Å². The van der Waals surface area contributed by atoms with Crippen molar-refractivity contribution in [2.45, 2.75) is 31.7 Å². The molecule has 126 valence electrons. The molecule has 0 aliphatic heterocycles. The lowest BCUT2D eigenvalue weighted by Crippen LogP contribution is -2.40. The van der Waals surface area contributed by atoms with Gasteiger partial charge in [0.25, 0.3) is 5.91 Å². The highest BCUT2D eigenvalue weighted by atomic mass is 79.9. The standard InChI is InChI=1S/C16H17BrN4O3/c1-9(16(23)24)20(2)15(22)13-14(10-3-4-10)21(19-18-13)12-7-5-11(17)6-8-12/h5-10H,3-4H2,1-2H3,(H,23,24). The Hall–Kier alpha value is -2.22. The zero-order valence-electron chi connectivity index (χ0n) is 13.3. The van der Waals surface area contributed by atoms with Crippen LogP contribution in [0.4, 0.5) is 0 Å². The minimum Gasteiger partial charge on any atom is -0.480 e. The van der Waals surface area contributed by atoms with Gasteiger partial charge in [-0.25, -0.2) is 9.48 Å². The molecule has 1 aromatic carbocycles. The van der Waals surface area contributed by atoms with Gasteiger partial charge in [-0.1, -0.05) is 21.1 Å². The highest BCUT2D eigenvalue weighted by molar-refractivity contribution is 9.10. The predicted octanol–water partition coefficient (Wildman–Crippen LogP) is 2.45. The molecule has 24 heavy (non-hydrogen) atoms. The SMILES string of the molecule is CC(C(=O)O)N(C)C(=O)c1nnn(-c2ccc(Br)cc2)c1C1CC1. The molecule has 0 radical (unpaired) electrons. The molecule has 0 saturated heterocycles. The van der Waals surface area contributed by atoms with Gasteiger partial charge in [0.2, 0.25) is 0 Å². The number of carbonyl (C=O) groups is 2. The van der Waals surface area contributed by atoms with Crippen LogP contribution in [0.3, 0.4) is 0 Å². The van der Waals surface area contributed by atoms with Crippen molar-refractivity contribution in [1.29, 1.82) is 0 Å². The van der Waals surface area contributed by atoms with Crippen LogP contribution in [0.1, 0.15) is 41.9 Å². The molecule has 0 bridgehead atoms. The van der Waals surface area contributed by atoms with Crippen molar-refractivity contribution in [2.24, 2.45) is 0 Å². The first-order valence-corrected chi connectivity index (χ1v) is 8.41. The van der Waals surface area contributed by atoms with Crippen molar-refractivity contribution in [3.63, 3.8) is 0 Å². The molecule has 1 fully saturated rings. The number of benzene rings is 1. The second kappa shape index (κ2) is 6.35. The Balaban J connectivity index is 1.99. The van der Waals surface area contributed by atoms with E-state index in [1.807, 2.05) is 24.3 Å². The molecular weight excluding hydrogens is 376 g/mol. The van der Waals surface area contributed by atoms with Gasteiger partial charge < -0.3 is 10.0 Å². The third-order valence-electron chi connectivity index (χ3n) is 4.20. The van der Waals surface area contributed by atoms with Crippen LogP contribution >= 0.6 is 15.9 Å². The molecule has 7 nitrogen and oxygen atoms in total. The topological polar surface area (TPSA) is 88.3 Å². The smallest absolute Gasteiger partial charge is 0.326 e. The number of hydrogen-bond acceptors (Lipinski definition) is 4. The van der Waals surface area contributed by atoms with E-state index in [4.69, 9.17) is 5.11 Å². The number of carboxylic acid groups (broad SMARTS) is 1. The maximum absolute atomic E-state index is 12.7. The minimum absolute atomic E-state index is 0.232. The van der Waals surface area contributed by atoms with E-state index in [1.54, 1.807) is 4.68 Å². The van der Waals surface area contributed by atoms with Crippen molar-refractivity contribution in [3.8, 4) is 5.69 Å². The van der Waals surface area contributed by atoms with Crippen LogP contribution < -0.4 is 0 Å². The first-order valence-electron chi connectivity index (χ1n) is 7.61. The van der Waals surface area contributed by atoms with Gasteiger partial charge in [0.05, 0.1) is 11.4 Å². The first kappa shape index (κ1) is 16.6. The van der Waals surface area contributed by atoms with E-state index < -0.39 is 17.9 Å². The summed E-state index contributed by atoms with van der Waals surface area (Å²) in [7, 11) is 1.47. The fourth-order valence-electron chi connectivity index (χ4n) is 2.45. The summed E-state index contributed by atoms with van der Waals surface area (Å²) in [5.74, 6) is -1.24. The van der Waals surface area contributed by atoms with Gasteiger partial charge >= 0.3 is 5.97 Å². The molecule has 1 aliphatic carbocycles. The zero-order valence-corrected chi connectivity index (χ0v) is 14.9. The number of carbonyl (C=O) groups excluding carboxylic acids is 1. The third-order valence-corrected chi connectivity index (χ3v) is 4.73. The second-order valence-electron chi connectivity index (χ2n) is 5.92. The van der Waals surface area contributed by atoms with Gasteiger partial charge in [-0.15, -0.1) is 5.10 Å². The Bertz CT molecular complexity index is 783. The molecular formula is C16H17BrN4O3. The number of nitrogens with zero attached hydrogens (tertiary/aromatic N) is 4. The van der Waals surface area contributed by atoms with E-state index in [2.05, 4.69) is 26.2 Å². The predicted molar refractivity (Wildman–Crippen MR) is 90.2 cm³/mol. The Morgan fingerprint density at radius 2 is 1.96 bits per heavy atom. The molecule has 1 N–H and O–H groups in total. The molecule has 2 aromatic rings. The normalized spacial score (nSPS) is 15.1. The van der Waals surface area contributed by atoms with E-state index in [9.17, 15) is 9.59 Å². The molecule has 8 heteroatoms. The van der Waals surface area contributed by atoms with Crippen LogP contribution in [0.2, 0.25) is 0 Å². The van der Waals surface area contributed by atoms with Crippen LogP contribution in [0.5, 0.6) is 0 Å². The van der Waals surface area contributed by atoms with Crippen LogP contribution in [0, 0.1) is 0 Å². The summed E-state index contributed by atoms with van der Waals surface area (Å²) in [6.45, 7) is 1.47. The second-order valence-corrected chi connectivity index (χ2v) is 6.83. The van der Waals surface area contributed by atoms with Crippen molar-refractivity contribution in [2.75, 3.05) is 7.05 Å². The Labute approximate surface area is 147 Å². The third kappa shape index (κ3) is 3.06. The fourth-order valence-corrected chi connectivity index (χ4v) is 2.71. The maximum atomic E-state index is 12.7. The van der Waals surface area contributed by atoms with Crippen LogP contribution in [-0.2, 0) is 4.79 Å². The molecule has 1 saturated carbocycles. The van der Waals surface area contributed by atoms with Crippen molar-refractivity contribution in [1.82, 2.24) is 19.9 Å². The van der Waals surface area contributed by atoms with E-state index in [0.29, 0.717) is 0 Å². The lowest BCUT2D eigenvalue weighted by molar-refractivity contribution is -0.141. The molecule has 1 amide bonds. The number of aromatic nitrogens is 3. The summed E-state index contributed by atoms with van der Waals surface area (Å²) in [6, 6.07) is 6.65. The van der Waals surface area contributed by atoms with E-state index in [-0.39, 0.29) is 11.6 Å². The quantitative estimate of drug-likeness (QED) is 0.843. The molecule has 3 rings (SSSR count). The number of aliphatic carboxylic acids is 1. The molecule has 1 aliphatic rings. The number of amides is 1. The van der Waals surface area contributed by atoms with Gasteiger partial charge in [-0.2, -0.15) is 0 Å². The first-order chi connectivity index (χ1) is 11.4. The van der Waals surface area contributed by atoms with Gasteiger partial charge in [0, 0.05) is 17.4 Å². The summed E-state index contributed by atoms with van der Waals surface area (Å²) in [5, 5.41) is 17.3. The summed E-state index contributed by atoms with van der Waals surface area (Å²) < 4.78 is 2.63. The molecule has 1 heterocycles. The largest absolute Gasteiger partial charge is 0.480 e. The van der Waals surface area contributed by atoms with Crippen molar-refractivity contribution in [3.05, 3.63) is 40.1 Å². The van der Waals surface area contributed by atoms with Crippen LogP contribution in [-0.4, -0.2) is 50.0 Å². The highest BCUT2D eigenvalue weighted by Crippen LogP contribution is 2.42. The zero-order chi connectivity index (χ0) is 17.4. The number of rotatable bonds is 5. The summed E-state index contributed by atoms with van der Waals surface area (Å²) in [4.78, 5) is 25.0. The molecule has 1 aromatic heterocycles. The number of likely N-dealkylation sites (N-methyl/N-ethyl adjacent to an activating group) is 1. The van der Waals surface area contributed by atoms with Gasteiger partial charge in [0.1, 0.15) is 6.04 Å². The maximum Gasteiger partial charge on any atom is 0.326 e. The number of carboxylic acids is 1. The van der Waals surface area contributed by atoms with Crippen molar-refractivity contribution >= 4 is 27.8 Å². The Kier molecular flexibility index (Phi) is 4.40. The fraction of sp³-hybridized carbons (Fsp3) is 0.375. The highest BCUT2D eigenvalue weighted by Gasteiger charge is 2.36. The van der Waals surface area contributed by atoms with E-state index >= 15 is 0 Å². The average Bonchev–Trinajstić information content (AvgIpc) is 3.32. The molecule has 1 atom stereocenters. The average molecular weight is 393 g/mol. The van der Waals surface area contributed by atoms with E-state index in [0.717, 1.165) is 28.7 Å². The summed E-state index contributed by atoms with van der Waals surface area (Å²) in [5.41, 5.74) is 1.81. The van der Waals surface area contributed by atoms with Crippen LogP contribution in [0.25, 0.3) is 5.69 Å². The minimum atomic E-state index is -1.06. The molecule has 0 spiro atoms. The monoisotopic (exact) mass is 392 g/mol. The Morgan fingerprint density at radius 1 is 1.33 bits per heavy atom. The van der Waals surface area contributed by atoms with Gasteiger partial charge in [-0.3, -0.25) is 4.79 Å². The molecule has 1 unspecified atom stereocenters. The lowest BCUT2D eigenvalue weighted by atomic mass is 10.1. The summed E-state index contributed by atoms with van der Waals surface area (Å²) in [6.07, 6.45) is 1.95. The van der Waals surface area contributed by atoms with Gasteiger partial charge in [0.15, 0.2) is 5.69 Å². The van der Waals surface area contributed by atoms with Crippen LogP contribution in [0.15, 0.2) is 28.7 Å². The number of halogens is 1. The van der Waals surface area contributed by atoms with Crippen molar-refractivity contribution < 1.29 is 14.7 Å². The lowest BCUT2D eigenvalue weighted by Gasteiger charge is -2.20. The number of hydrogen-bond donors (Lipinski definition) is 1. The Morgan fingerprint density at radius 3 is 2.50 bits per heavy atom. The summed E-state index contributed by atoms with van der Waals surface area (Å²) >= 11 is 3.39. The van der Waals surface area contributed by atoms with E-state index in [1.165, 1.54) is 18.9 Å².